The second-order valence-electron chi connectivity index (χ2n) is 2.84. The van der Waals surface area contributed by atoms with E-state index in [-0.39, 0.29) is 0 Å². The zero-order valence-electron chi connectivity index (χ0n) is 6.09. The highest BCUT2D eigenvalue weighted by molar-refractivity contribution is 6.10. The molecule has 1 atom stereocenters. The van der Waals surface area contributed by atoms with Crippen molar-refractivity contribution in [3.05, 3.63) is 0 Å². The molecule has 2 aliphatic heterocycles. The van der Waals surface area contributed by atoms with Gasteiger partial charge in [-0.2, -0.15) is 10.2 Å². The molecule has 54 valence electrons. The Hall–Kier alpha value is -0.700. The normalized spacial score (nSPS) is 31.1. The van der Waals surface area contributed by atoms with Crippen LogP contribution in [0.15, 0.2) is 10.2 Å². The molecule has 3 nitrogen and oxygen atoms in total. The van der Waals surface area contributed by atoms with Crippen molar-refractivity contribution in [2.75, 3.05) is 13.1 Å². The van der Waals surface area contributed by atoms with Crippen LogP contribution in [0, 0.1) is 5.92 Å². The van der Waals surface area contributed by atoms with Crippen LogP contribution in [0.1, 0.15) is 13.3 Å². The van der Waals surface area contributed by atoms with Crippen LogP contribution in [-0.4, -0.2) is 24.5 Å². The average molecular weight is 137 g/mol. The maximum absolute atomic E-state index is 4.10. The first kappa shape index (κ1) is 6.04. The third-order valence-corrected chi connectivity index (χ3v) is 2.15. The molecule has 0 bridgehead atoms. The van der Waals surface area contributed by atoms with Crippen LogP contribution in [0.25, 0.3) is 0 Å². The predicted molar refractivity (Wildman–Crippen MR) is 41.5 cm³/mol. The Morgan fingerprint density at radius 3 is 3.20 bits per heavy atom. The first-order valence-electron chi connectivity index (χ1n) is 3.69. The highest BCUT2D eigenvalue weighted by Crippen LogP contribution is 2.15. The first-order valence-corrected chi connectivity index (χ1v) is 3.69. The number of nitrogens with one attached hydrogen (secondary N) is 1. The third kappa shape index (κ3) is 0.778. The van der Waals surface area contributed by atoms with E-state index < -0.39 is 0 Å². The molecular weight excluding hydrogens is 126 g/mol. The standard InChI is InChI=1S/C7H11N3/c1-5-6-4-8-3-2-7(6)10-9-5/h6,8H,2-4H2,1H3/t6-/m0/s1. The van der Waals surface area contributed by atoms with Crippen LogP contribution in [-0.2, 0) is 0 Å². The van der Waals surface area contributed by atoms with E-state index in [0.717, 1.165) is 19.5 Å². The Morgan fingerprint density at radius 2 is 2.40 bits per heavy atom. The van der Waals surface area contributed by atoms with E-state index in [1.165, 1.54) is 11.4 Å². The quantitative estimate of drug-likeness (QED) is 0.516. The number of fused-ring (bicyclic) bond motifs is 1. The van der Waals surface area contributed by atoms with Gasteiger partial charge in [-0.3, -0.25) is 0 Å². The van der Waals surface area contributed by atoms with Crippen molar-refractivity contribution in [1.29, 1.82) is 0 Å². The Bertz CT molecular complexity index is 205. The van der Waals surface area contributed by atoms with Gasteiger partial charge in [0.15, 0.2) is 0 Å². The summed E-state index contributed by atoms with van der Waals surface area (Å²) in [5.41, 5.74) is 2.44. The van der Waals surface area contributed by atoms with E-state index in [0.29, 0.717) is 5.92 Å². The van der Waals surface area contributed by atoms with Gasteiger partial charge >= 0.3 is 0 Å². The third-order valence-electron chi connectivity index (χ3n) is 2.15. The van der Waals surface area contributed by atoms with Gasteiger partial charge in [-0.25, -0.2) is 0 Å². The van der Waals surface area contributed by atoms with Gasteiger partial charge < -0.3 is 5.32 Å². The van der Waals surface area contributed by atoms with E-state index in [1.54, 1.807) is 0 Å². The molecule has 0 unspecified atom stereocenters. The molecule has 0 saturated carbocycles. The van der Waals surface area contributed by atoms with E-state index in [2.05, 4.69) is 15.5 Å². The van der Waals surface area contributed by atoms with Gasteiger partial charge in [-0.1, -0.05) is 0 Å². The summed E-state index contributed by atoms with van der Waals surface area (Å²) in [6.07, 6.45) is 1.07. The number of rotatable bonds is 0. The molecule has 0 aliphatic carbocycles. The summed E-state index contributed by atoms with van der Waals surface area (Å²) in [4.78, 5) is 0. The summed E-state index contributed by atoms with van der Waals surface area (Å²) in [5, 5.41) is 11.5. The zero-order valence-corrected chi connectivity index (χ0v) is 6.09. The molecule has 10 heavy (non-hydrogen) atoms. The SMILES string of the molecule is CC1=NN=C2CCNC[C@@H]12. The van der Waals surface area contributed by atoms with Crippen molar-refractivity contribution in [3.8, 4) is 0 Å². The van der Waals surface area contributed by atoms with Crippen molar-refractivity contribution in [2.24, 2.45) is 16.1 Å². The summed E-state index contributed by atoms with van der Waals surface area (Å²) >= 11 is 0. The molecule has 0 aromatic carbocycles. The second-order valence-corrected chi connectivity index (χ2v) is 2.84. The van der Waals surface area contributed by atoms with Crippen molar-refractivity contribution >= 4 is 11.4 Å². The van der Waals surface area contributed by atoms with Gasteiger partial charge in [0.25, 0.3) is 0 Å². The highest BCUT2D eigenvalue weighted by atomic mass is 15.2. The zero-order chi connectivity index (χ0) is 6.97. The van der Waals surface area contributed by atoms with Crippen LogP contribution in [0.4, 0.5) is 0 Å². The second kappa shape index (κ2) is 2.16. The largest absolute Gasteiger partial charge is 0.315 e. The van der Waals surface area contributed by atoms with E-state index in [1.807, 2.05) is 6.92 Å². The average Bonchev–Trinajstić information content (AvgIpc) is 2.34. The number of hydrogen-bond donors (Lipinski definition) is 1. The van der Waals surface area contributed by atoms with Crippen molar-refractivity contribution in [1.82, 2.24) is 5.32 Å². The maximum atomic E-state index is 4.10. The monoisotopic (exact) mass is 137 g/mol. The lowest BCUT2D eigenvalue weighted by atomic mass is 9.94. The molecule has 2 heterocycles. The molecule has 2 rings (SSSR count). The summed E-state index contributed by atoms with van der Waals surface area (Å²) in [6.45, 7) is 4.15. The van der Waals surface area contributed by atoms with Crippen molar-refractivity contribution < 1.29 is 0 Å². The van der Waals surface area contributed by atoms with Crippen LogP contribution in [0.3, 0.4) is 0 Å². The molecule has 2 aliphatic rings. The molecule has 0 radical (unpaired) electrons. The lowest BCUT2D eigenvalue weighted by Gasteiger charge is -2.19. The fourth-order valence-corrected chi connectivity index (χ4v) is 1.48. The van der Waals surface area contributed by atoms with Crippen LogP contribution in [0.5, 0.6) is 0 Å². The lowest BCUT2D eigenvalue weighted by Crippen LogP contribution is -2.38. The number of piperidine rings is 1. The maximum Gasteiger partial charge on any atom is 0.0518 e. The summed E-state index contributed by atoms with van der Waals surface area (Å²) in [7, 11) is 0. The Balaban J connectivity index is 2.19. The van der Waals surface area contributed by atoms with Gasteiger partial charge in [0, 0.05) is 25.2 Å². The highest BCUT2D eigenvalue weighted by Gasteiger charge is 2.26. The molecule has 0 amide bonds. The van der Waals surface area contributed by atoms with Gasteiger partial charge in [-0.05, 0) is 6.92 Å². The van der Waals surface area contributed by atoms with Gasteiger partial charge in [-0.15, -0.1) is 0 Å². The van der Waals surface area contributed by atoms with E-state index in [9.17, 15) is 0 Å². The fraction of sp³-hybridized carbons (Fsp3) is 0.714. The van der Waals surface area contributed by atoms with Crippen molar-refractivity contribution in [2.45, 2.75) is 13.3 Å². The molecule has 1 fully saturated rings. The molecular formula is C7H11N3. The topological polar surface area (TPSA) is 36.8 Å². The molecule has 0 spiro atoms. The number of nitrogens with zero attached hydrogens (tertiary/aromatic N) is 2. The molecule has 1 saturated heterocycles. The van der Waals surface area contributed by atoms with Crippen LogP contribution < -0.4 is 5.32 Å². The smallest absolute Gasteiger partial charge is 0.0518 e. The Morgan fingerprint density at radius 1 is 1.50 bits per heavy atom. The minimum absolute atomic E-state index is 0.522. The van der Waals surface area contributed by atoms with E-state index in [4.69, 9.17) is 0 Å². The van der Waals surface area contributed by atoms with E-state index >= 15 is 0 Å². The molecule has 3 heteroatoms. The minimum Gasteiger partial charge on any atom is -0.315 e. The first-order chi connectivity index (χ1) is 4.88. The minimum atomic E-state index is 0.522. The summed E-state index contributed by atoms with van der Waals surface area (Å²) in [6, 6.07) is 0. The van der Waals surface area contributed by atoms with Gasteiger partial charge in [0.05, 0.1) is 11.6 Å². The van der Waals surface area contributed by atoms with Crippen molar-refractivity contribution in [3.63, 3.8) is 0 Å². The Labute approximate surface area is 60.2 Å². The molecule has 0 aromatic heterocycles. The molecule has 1 N–H and O–H groups in total. The van der Waals surface area contributed by atoms with Gasteiger partial charge in [0.1, 0.15) is 0 Å². The van der Waals surface area contributed by atoms with Gasteiger partial charge in [0.2, 0.25) is 0 Å². The van der Waals surface area contributed by atoms with Crippen LogP contribution >= 0.6 is 0 Å². The summed E-state index contributed by atoms with van der Waals surface area (Å²) < 4.78 is 0. The predicted octanol–water partition coefficient (Wildman–Crippen LogP) is 0.426. The summed E-state index contributed by atoms with van der Waals surface area (Å²) in [5.74, 6) is 0.522. The lowest BCUT2D eigenvalue weighted by molar-refractivity contribution is 0.628. The van der Waals surface area contributed by atoms with Crippen LogP contribution in [0.2, 0.25) is 0 Å². The molecule has 0 aromatic rings. The Kier molecular flexibility index (Phi) is 1.31. The number of hydrogen-bond acceptors (Lipinski definition) is 3. The fourth-order valence-electron chi connectivity index (χ4n) is 1.48.